The molecule has 0 fully saturated rings. The maximum Gasteiger partial charge on any atom is 0.221 e. The second kappa shape index (κ2) is 9.67. The van der Waals surface area contributed by atoms with E-state index in [4.69, 9.17) is 16.3 Å². The van der Waals surface area contributed by atoms with Crippen molar-refractivity contribution in [2.45, 2.75) is 13.3 Å². The fourth-order valence-electron chi connectivity index (χ4n) is 3.14. The number of rotatable bonds is 7. The van der Waals surface area contributed by atoms with E-state index in [1.807, 2.05) is 12.1 Å². The van der Waals surface area contributed by atoms with Gasteiger partial charge in [0.1, 0.15) is 29.6 Å². The Morgan fingerprint density at radius 1 is 1.22 bits per heavy atom. The van der Waals surface area contributed by atoms with Gasteiger partial charge < -0.3 is 19.9 Å². The van der Waals surface area contributed by atoms with Crippen LogP contribution < -0.4 is 20.7 Å². The fraction of sp³-hybridized carbons (Fsp3) is 0.227. The van der Waals surface area contributed by atoms with Crippen molar-refractivity contribution >= 4 is 47.1 Å². The Hall–Kier alpha value is -2.96. The number of benzene rings is 2. The molecular formula is C22H23ClFN4O3P. The van der Waals surface area contributed by atoms with Crippen LogP contribution in [0.25, 0.3) is 0 Å². The van der Waals surface area contributed by atoms with Crippen LogP contribution in [-0.4, -0.2) is 36.3 Å². The summed E-state index contributed by atoms with van der Waals surface area (Å²) < 4.78 is 32.2. The topological polar surface area (TPSA) is 93.2 Å². The molecule has 0 aliphatic rings. The van der Waals surface area contributed by atoms with E-state index in [0.717, 1.165) is 0 Å². The predicted octanol–water partition coefficient (Wildman–Crippen LogP) is 4.82. The molecule has 2 aromatic carbocycles. The lowest BCUT2D eigenvalue weighted by Crippen LogP contribution is -2.11. The molecule has 2 N–H and O–H groups in total. The third kappa shape index (κ3) is 5.64. The highest BCUT2D eigenvalue weighted by Gasteiger charge is 2.18. The molecule has 10 heteroatoms. The second-order valence-corrected chi connectivity index (χ2v) is 11.1. The molecule has 0 aliphatic heterocycles. The Labute approximate surface area is 190 Å². The van der Waals surface area contributed by atoms with Crippen LogP contribution in [0.2, 0.25) is 5.02 Å². The zero-order chi connectivity index (χ0) is 23.5. The highest BCUT2D eigenvalue weighted by atomic mass is 35.5. The van der Waals surface area contributed by atoms with Crippen LogP contribution in [-0.2, 0) is 15.8 Å². The first-order valence-electron chi connectivity index (χ1n) is 9.65. The molecule has 0 saturated carbocycles. The molecular weight excluding hydrogens is 454 g/mol. The van der Waals surface area contributed by atoms with Crippen molar-refractivity contribution in [3.8, 4) is 5.75 Å². The van der Waals surface area contributed by atoms with Crippen molar-refractivity contribution in [1.82, 2.24) is 9.97 Å². The molecule has 0 radical (unpaired) electrons. The summed E-state index contributed by atoms with van der Waals surface area (Å²) in [6.07, 6.45) is 1.65. The Kier molecular flexibility index (Phi) is 7.16. The molecule has 1 aromatic heterocycles. The molecule has 0 atom stereocenters. The molecule has 1 amide bonds. The number of hydrogen-bond acceptors (Lipinski definition) is 6. The van der Waals surface area contributed by atoms with Gasteiger partial charge in [0.05, 0.1) is 24.7 Å². The summed E-state index contributed by atoms with van der Waals surface area (Å²) in [6, 6.07) is 9.93. The van der Waals surface area contributed by atoms with Gasteiger partial charge in [-0.2, -0.15) is 0 Å². The summed E-state index contributed by atoms with van der Waals surface area (Å²) in [4.78, 5) is 20.1. The first-order chi connectivity index (χ1) is 15.1. The number of para-hydroxylation sites is 1. The summed E-state index contributed by atoms with van der Waals surface area (Å²) in [5, 5.41) is 6.56. The normalized spacial score (nSPS) is 11.2. The number of nitrogens with one attached hydrogen (secondary N) is 2. The number of methoxy groups -OCH3 is 1. The van der Waals surface area contributed by atoms with Gasteiger partial charge in [0, 0.05) is 30.3 Å². The first-order valence-corrected chi connectivity index (χ1v) is 12.6. The maximum atomic E-state index is 14.2. The van der Waals surface area contributed by atoms with Crippen LogP contribution in [0.3, 0.4) is 0 Å². The van der Waals surface area contributed by atoms with Crippen molar-refractivity contribution in [1.29, 1.82) is 0 Å². The zero-order valence-electron chi connectivity index (χ0n) is 18.1. The standard InChI is InChI=1S/C22H23ClFN4O3P/c1-13(29)26-18-9-14(19(31-2)11-16(18)24)10-21-25-12-15(23)22(28-21)27-17-7-5-6-8-20(17)32(3,4)30/h5-9,11-12H,10H2,1-4H3,(H,26,29)(H,25,27,28). The molecule has 0 spiro atoms. The van der Waals surface area contributed by atoms with Gasteiger partial charge >= 0.3 is 0 Å². The number of nitrogens with zero attached hydrogens (tertiary/aromatic N) is 2. The summed E-state index contributed by atoms with van der Waals surface area (Å²) >= 11 is 6.30. The van der Waals surface area contributed by atoms with Crippen LogP contribution >= 0.6 is 18.7 Å². The van der Waals surface area contributed by atoms with E-state index in [-0.39, 0.29) is 17.1 Å². The summed E-state index contributed by atoms with van der Waals surface area (Å²) in [5.41, 5.74) is 1.26. The molecule has 168 valence electrons. The maximum absolute atomic E-state index is 14.2. The number of carbonyl (C=O) groups is 1. The summed E-state index contributed by atoms with van der Waals surface area (Å²) in [7, 11) is -1.12. The third-order valence-corrected chi connectivity index (χ3v) is 6.39. The van der Waals surface area contributed by atoms with Gasteiger partial charge in [-0.15, -0.1) is 0 Å². The molecule has 32 heavy (non-hydrogen) atoms. The molecule has 0 aliphatic carbocycles. The quantitative estimate of drug-likeness (QED) is 0.475. The molecule has 0 bridgehead atoms. The van der Waals surface area contributed by atoms with Gasteiger partial charge in [0.25, 0.3) is 0 Å². The van der Waals surface area contributed by atoms with Crippen LogP contribution in [0.4, 0.5) is 21.6 Å². The van der Waals surface area contributed by atoms with E-state index in [0.29, 0.717) is 33.9 Å². The van der Waals surface area contributed by atoms with Gasteiger partial charge in [-0.1, -0.05) is 23.7 Å². The van der Waals surface area contributed by atoms with Gasteiger partial charge in [0.2, 0.25) is 5.91 Å². The van der Waals surface area contributed by atoms with E-state index in [1.165, 1.54) is 32.4 Å². The first kappa shape index (κ1) is 23.7. The van der Waals surface area contributed by atoms with Crippen LogP contribution in [0, 0.1) is 5.82 Å². The minimum Gasteiger partial charge on any atom is -0.496 e. The third-order valence-electron chi connectivity index (χ3n) is 4.56. The van der Waals surface area contributed by atoms with Gasteiger partial charge in [0.15, 0.2) is 5.82 Å². The lowest BCUT2D eigenvalue weighted by Gasteiger charge is -2.16. The van der Waals surface area contributed by atoms with Crippen molar-refractivity contribution in [3.05, 3.63) is 64.8 Å². The van der Waals surface area contributed by atoms with E-state index in [2.05, 4.69) is 20.6 Å². The van der Waals surface area contributed by atoms with Gasteiger partial charge in [-0.3, -0.25) is 4.79 Å². The Bertz CT molecular complexity index is 1220. The van der Waals surface area contributed by atoms with E-state index in [1.54, 1.807) is 25.5 Å². The number of hydrogen-bond donors (Lipinski definition) is 2. The average molecular weight is 477 g/mol. The number of halogens is 2. The fourth-order valence-corrected chi connectivity index (χ4v) is 4.43. The second-order valence-electron chi connectivity index (χ2n) is 7.48. The van der Waals surface area contributed by atoms with Gasteiger partial charge in [-0.05, 0) is 31.5 Å². The largest absolute Gasteiger partial charge is 0.496 e. The van der Waals surface area contributed by atoms with E-state index in [9.17, 15) is 13.8 Å². The number of ether oxygens (including phenoxy) is 1. The average Bonchev–Trinajstić information content (AvgIpc) is 2.72. The van der Waals surface area contributed by atoms with Crippen molar-refractivity contribution < 1.29 is 18.5 Å². The van der Waals surface area contributed by atoms with E-state index >= 15 is 0 Å². The molecule has 0 unspecified atom stereocenters. The smallest absolute Gasteiger partial charge is 0.221 e. The zero-order valence-corrected chi connectivity index (χ0v) is 19.7. The number of aromatic nitrogens is 2. The van der Waals surface area contributed by atoms with Crippen LogP contribution in [0.15, 0.2) is 42.6 Å². The Morgan fingerprint density at radius 3 is 2.59 bits per heavy atom. The Morgan fingerprint density at radius 2 is 1.94 bits per heavy atom. The van der Waals surface area contributed by atoms with Crippen molar-refractivity contribution in [2.75, 3.05) is 31.1 Å². The lowest BCUT2D eigenvalue weighted by molar-refractivity contribution is -0.114. The summed E-state index contributed by atoms with van der Waals surface area (Å²) in [6.45, 7) is 4.68. The number of anilines is 3. The van der Waals surface area contributed by atoms with Crippen LogP contribution in [0.1, 0.15) is 18.3 Å². The molecule has 7 nitrogen and oxygen atoms in total. The van der Waals surface area contributed by atoms with Crippen LogP contribution in [0.5, 0.6) is 5.75 Å². The number of carbonyl (C=O) groups excluding carboxylic acids is 1. The number of amides is 1. The monoisotopic (exact) mass is 476 g/mol. The predicted molar refractivity (Wildman–Crippen MR) is 126 cm³/mol. The van der Waals surface area contributed by atoms with Gasteiger partial charge in [-0.25, -0.2) is 14.4 Å². The molecule has 3 rings (SSSR count). The highest BCUT2D eigenvalue weighted by Crippen LogP contribution is 2.38. The van der Waals surface area contributed by atoms with E-state index < -0.39 is 18.9 Å². The van der Waals surface area contributed by atoms with Crippen molar-refractivity contribution in [3.63, 3.8) is 0 Å². The van der Waals surface area contributed by atoms with Crippen molar-refractivity contribution in [2.24, 2.45) is 0 Å². The molecule has 1 heterocycles. The minimum atomic E-state index is -2.54. The summed E-state index contributed by atoms with van der Waals surface area (Å²) in [5.74, 6) is 0.0373. The SMILES string of the molecule is COc1cc(F)c(NC(C)=O)cc1Cc1ncc(Cl)c(Nc2ccccc2P(C)(C)=O)n1. The lowest BCUT2D eigenvalue weighted by atomic mass is 10.1. The minimum absolute atomic E-state index is 0.0381. The highest BCUT2D eigenvalue weighted by molar-refractivity contribution is 7.70. The molecule has 0 saturated heterocycles. The molecule has 3 aromatic rings. The Balaban J connectivity index is 1.96.